The van der Waals surface area contributed by atoms with Crippen LogP contribution in [-0.4, -0.2) is 29.2 Å². The highest BCUT2D eigenvalue weighted by atomic mass is 79.9. The molecule has 0 amide bonds. The van der Waals surface area contributed by atoms with Crippen LogP contribution in [0.15, 0.2) is 34.8 Å². The Balaban J connectivity index is 0.00000280. The summed E-state index contributed by atoms with van der Waals surface area (Å²) in [6, 6.07) is 10.7. The molecule has 0 spiro atoms. The number of hydrogen-bond donors (Lipinski definition) is 1. The molecule has 1 heterocycles. The van der Waals surface area contributed by atoms with E-state index in [9.17, 15) is 0 Å². The van der Waals surface area contributed by atoms with Crippen LogP contribution < -0.4 is 15.0 Å². The molecule has 7 heteroatoms. The molecule has 0 fully saturated rings. The van der Waals surface area contributed by atoms with Gasteiger partial charge in [0.2, 0.25) is 5.95 Å². The number of para-hydroxylation sites is 1. The zero-order chi connectivity index (χ0) is 19.7. The number of aromatic nitrogens is 2. The van der Waals surface area contributed by atoms with Crippen LogP contribution in [-0.2, 0) is 7.05 Å². The van der Waals surface area contributed by atoms with Gasteiger partial charge < -0.3 is 19.5 Å². The topological polar surface area (TPSA) is 42.3 Å². The first-order chi connectivity index (χ1) is 12.9. The molecule has 0 atom stereocenters. The highest BCUT2D eigenvalue weighted by molar-refractivity contribution is 9.10. The van der Waals surface area contributed by atoms with Crippen LogP contribution in [0.2, 0.25) is 0 Å². The highest BCUT2D eigenvalue weighted by Gasteiger charge is 2.18. The van der Waals surface area contributed by atoms with Crippen molar-refractivity contribution in [1.82, 2.24) is 9.55 Å². The molecule has 1 aromatic heterocycles. The van der Waals surface area contributed by atoms with E-state index in [1.54, 1.807) is 7.11 Å². The first-order valence-electron chi connectivity index (χ1n) is 9.20. The number of halogens is 2. The van der Waals surface area contributed by atoms with Crippen LogP contribution in [0, 0.1) is 6.92 Å². The Kier molecular flexibility index (Phi) is 7.23. The standard InChI is InChI=1S/C21H27BrN4O.ClH/c1-7-26(13(2)3)17-10-8-9-16-20(17)25(5)21(23-16)24-19-14(4)11-15(22)12-18(19)27-6;/h8-13H,7H2,1-6H3,(H,23,24);1H. The number of methoxy groups -OCH3 is 1. The third-order valence-electron chi connectivity index (χ3n) is 4.87. The molecule has 1 N–H and O–H groups in total. The molecule has 0 saturated carbocycles. The van der Waals surface area contributed by atoms with Gasteiger partial charge in [-0.2, -0.15) is 0 Å². The number of aryl methyl sites for hydroxylation is 2. The molecule has 3 aromatic rings. The van der Waals surface area contributed by atoms with Crippen LogP contribution in [0.25, 0.3) is 11.0 Å². The van der Waals surface area contributed by atoms with E-state index in [2.05, 4.69) is 89.7 Å². The van der Waals surface area contributed by atoms with E-state index in [0.29, 0.717) is 6.04 Å². The Bertz CT molecular complexity index is 971. The van der Waals surface area contributed by atoms with Gasteiger partial charge in [0.15, 0.2) is 0 Å². The zero-order valence-electron chi connectivity index (χ0n) is 17.2. The third kappa shape index (κ3) is 4.08. The fourth-order valence-corrected chi connectivity index (χ4v) is 4.10. The number of nitrogens with zero attached hydrogens (tertiary/aromatic N) is 3. The van der Waals surface area contributed by atoms with Gasteiger partial charge in [-0.25, -0.2) is 4.98 Å². The number of nitrogens with one attached hydrogen (secondary N) is 1. The van der Waals surface area contributed by atoms with Crippen molar-refractivity contribution < 1.29 is 4.74 Å². The van der Waals surface area contributed by atoms with E-state index in [1.165, 1.54) is 5.69 Å². The lowest BCUT2D eigenvalue weighted by atomic mass is 10.2. The second kappa shape index (κ2) is 9.05. The number of ether oxygens (including phenoxy) is 1. The van der Waals surface area contributed by atoms with Crippen molar-refractivity contribution >= 4 is 56.7 Å². The molecular weight excluding hydrogens is 440 g/mol. The van der Waals surface area contributed by atoms with Crippen LogP contribution in [0.4, 0.5) is 17.3 Å². The van der Waals surface area contributed by atoms with Crippen molar-refractivity contribution in [3.63, 3.8) is 0 Å². The maximum atomic E-state index is 5.57. The predicted molar refractivity (Wildman–Crippen MR) is 125 cm³/mol. The second-order valence-electron chi connectivity index (χ2n) is 6.94. The molecule has 0 bridgehead atoms. The van der Waals surface area contributed by atoms with Crippen molar-refractivity contribution in [3.05, 3.63) is 40.4 Å². The molecule has 0 radical (unpaired) electrons. The molecule has 0 aliphatic rings. The minimum Gasteiger partial charge on any atom is -0.495 e. The first-order valence-corrected chi connectivity index (χ1v) is 9.99. The van der Waals surface area contributed by atoms with E-state index in [4.69, 9.17) is 9.72 Å². The maximum absolute atomic E-state index is 5.57. The SMILES string of the molecule is CCN(c1cccc2nc(Nc3c(C)cc(Br)cc3OC)n(C)c12)C(C)C.Cl. The monoisotopic (exact) mass is 466 g/mol. The summed E-state index contributed by atoms with van der Waals surface area (Å²) in [5.41, 5.74) is 5.32. The summed E-state index contributed by atoms with van der Waals surface area (Å²) in [5.74, 6) is 1.58. The molecule has 152 valence electrons. The summed E-state index contributed by atoms with van der Waals surface area (Å²) in [7, 11) is 3.73. The van der Waals surface area contributed by atoms with Crippen molar-refractivity contribution in [2.75, 3.05) is 23.9 Å². The fraction of sp³-hybridized carbons (Fsp3) is 0.381. The maximum Gasteiger partial charge on any atom is 0.208 e. The average Bonchev–Trinajstić information content (AvgIpc) is 2.94. The van der Waals surface area contributed by atoms with Gasteiger partial charge in [0.05, 0.1) is 29.5 Å². The minimum atomic E-state index is 0. The normalized spacial score (nSPS) is 10.9. The highest BCUT2D eigenvalue weighted by Crippen LogP contribution is 2.36. The summed E-state index contributed by atoms with van der Waals surface area (Å²) >= 11 is 3.53. The fourth-order valence-electron chi connectivity index (χ4n) is 3.55. The largest absolute Gasteiger partial charge is 0.495 e. The number of benzene rings is 2. The average molecular weight is 468 g/mol. The summed E-state index contributed by atoms with van der Waals surface area (Å²) in [4.78, 5) is 7.23. The van der Waals surface area contributed by atoms with Gasteiger partial charge in [0, 0.05) is 24.1 Å². The van der Waals surface area contributed by atoms with Gasteiger partial charge >= 0.3 is 0 Å². The molecule has 0 aliphatic heterocycles. The number of rotatable bonds is 6. The smallest absolute Gasteiger partial charge is 0.208 e. The number of imidazole rings is 1. The lowest BCUT2D eigenvalue weighted by molar-refractivity contribution is 0.416. The van der Waals surface area contributed by atoms with Gasteiger partial charge in [-0.15, -0.1) is 12.4 Å². The lowest BCUT2D eigenvalue weighted by Crippen LogP contribution is -2.30. The zero-order valence-corrected chi connectivity index (χ0v) is 19.6. The van der Waals surface area contributed by atoms with Gasteiger partial charge in [0.25, 0.3) is 0 Å². The Morgan fingerprint density at radius 2 is 2.00 bits per heavy atom. The van der Waals surface area contributed by atoms with Gasteiger partial charge in [-0.05, 0) is 57.5 Å². The van der Waals surface area contributed by atoms with E-state index >= 15 is 0 Å². The van der Waals surface area contributed by atoms with Crippen molar-refractivity contribution in [1.29, 1.82) is 0 Å². The van der Waals surface area contributed by atoms with E-state index < -0.39 is 0 Å². The van der Waals surface area contributed by atoms with E-state index in [0.717, 1.165) is 45.0 Å². The molecule has 0 aliphatic carbocycles. The van der Waals surface area contributed by atoms with Gasteiger partial charge in [-0.3, -0.25) is 0 Å². The predicted octanol–water partition coefficient (Wildman–Crippen LogP) is 6.05. The van der Waals surface area contributed by atoms with E-state index in [1.807, 2.05) is 6.07 Å². The van der Waals surface area contributed by atoms with Gasteiger partial charge in [0.1, 0.15) is 5.75 Å². The minimum absolute atomic E-state index is 0. The molecule has 0 unspecified atom stereocenters. The Morgan fingerprint density at radius 1 is 1.29 bits per heavy atom. The third-order valence-corrected chi connectivity index (χ3v) is 5.33. The summed E-state index contributed by atoms with van der Waals surface area (Å²) < 4.78 is 8.68. The van der Waals surface area contributed by atoms with E-state index in [-0.39, 0.29) is 12.4 Å². The van der Waals surface area contributed by atoms with Crippen LogP contribution >= 0.6 is 28.3 Å². The van der Waals surface area contributed by atoms with Crippen LogP contribution in [0.5, 0.6) is 5.75 Å². The number of anilines is 3. The molecule has 3 rings (SSSR count). The van der Waals surface area contributed by atoms with Crippen molar-refractivity contribution in [2.45, 2.75) is 33.7 Å². The summed E-state index contributed by atoms with van der Waals surface area (Å²) in [6.07, 6.45) is 0. The number of fused-ring (bicyclic) bond motifs is 1. The summed E-state index contributed by atoms with van der Waals surface area (Å²) in [6.45, 7) is 9.62. The van der Waals surface area contributed by atoms with Crippen LogP contribution in [0.1, 0.15) is 26.3 Å². The molecule has 0 saturated heterocycles. The Hall–Kier alpha value is -1.92. The first kappa shape index (κ1) is 22.4. The quantitative estimate of drug-likeness (QED) is 0.479. The van der Waals surface area contributed by atoms with Crippen LogP contribution in [0.3, 0.4) is 0 Å². The molecule has 5 nitrogen and oxygen atoms in total. The Morgan fingerprint density at radius 3 is 2.61 bits per heavy atom. The molecule has 28 heavy (non-hydrogen) atoms. The lowest BCUT2D eigenvalue weighted by Gasteiger charge is -2.28. The number of hydrogen-bond acceptors (Lipinski definition) is 4. The molecular formula is C21H28BrClN4O. The van der Waals surface area contributed by atoms with Gasteiger partial charge in [-0.1, -0.05) is 22.0 Å². The second-order valence-corrected chi connectivity index (χ2v) is 7.86. The Labute approximate surface area is 181 Å². The van der Waals surface area contributed by atoms with Crippen molar-refractivity contribution in [2.24, 2.45) is 7.05 Å². The summed E-state index contributed by atoms with van der Waals surface area (Å²) in [5, 5.41) is 3.48. The molecule has 2 aromatic carbocycles. The van der Waals surface area contributed by atoms with Crippen molar-refractivity contribution in [3.8, 4) is 5.75 Å².